The van der Waals surface area contributed by atoms with Crippen molar-refractivity contribution in [3.8, 4) is 0 Å². The first-order valence-corrected chi connectivity index (χ1v) is 8.60. The van der Waals surface area contributed by atoms with Crippen LogP contribution in [0, 0.1) is 0 Å². The molecule has 0 aliphatic rings. The zero-order valence-corrected chi connectivity index (χ0v) is 13.0. The van der Waals surface area contributed by atoms with Gasteiger partial charge in [-0.15, -0.1) is 5.10 Å². The van der Waals surface area contributed by atoms with Crippen LogP contribution in [0.3, 0.4) is 0 Å². The average molecular weight is 330 g/mol. The smallest absolute Gasteiger partial charge is 0.278 e. The van der Waals surface area contributed by atoms with E-state index in [0.717, 1.165) is 6.26 Å². The predicted molar refractivity (Wildman–Crippen MR) is 88.8 cm³/mol. The van der Waals surface area contributed by atoms with Gasteiger partial charge in [0.1, 0.15) is 0 Å². The van der Waals surface area contributed by atoms with Gasteiger partial charge in [0.05, 0.1) is 11.8 Å². The molecule has 0 spiro atoms. The molecule has 0 saturated heterocycles. The van der Waals surface area contributed by atoms with E-state index in [1.165, 1.54) is 28.9 Å². The number of para-hydroxylation sites is 1. The van der Waals surface area contributed by atoms with Crippen LogP contribution in [0.4, 0.5) is 11.5 Å². The van der Waals surface area contributed by atoms with Crippen molar-refractivity contribution < 1.29 is 13.2 Å². The standard InChI is InChI=1S/C15H14N4O3S/c1-23(21,22)18-11-8-6-10(7-9-11)15(20)19-13-5-3-2-4-12(13)14(16)17-19/h2-9,18H,1H3,(H2,16,17). The Kier molecular flexibility index (Phi) is 3.53. The Morgan fingerprint density at radius 1 is 1.13 bits per heavy atom. The monoisotopic (exact) mass is 330 g/mol. The van der Waals surface area contributed by atoms with E-state index in [4.69, 9.17) is 5.73 Å². The zero-order valence-electron chi connectivity index (χ0n) is 12.2. The van der Waals surface area contributed by atoms with Gasteiger partial charge in [-0.25, -0.2) is 8.42 Å². The molecule has 0 aliphatic heterocycles. The Bertz CT molecular complexity index is 991. The number of fused-ring (bicyclic) bond motifs is 1. The Hall–Kier alpha value is -2.87. The molecular formula is C15H14N4O3S. The molecule has 3 N–H and O–H groups in total. The van der Waals surface area contributed by atoms with Crippen molar-refractivity contribution in [3.63, 3.8) is 0 Å². The minimum Gasteiger partial charge on any atom is -0.382 e. The lowest BCUT2D eigenvalue weighted by atomic mass is 10.2. The molecule has 1 heterocycles. The van der Waals surface area contributed by atoms with Gasteiger partial charge in [0.15, 0.2) is 5.82 Å². The number of aromatic nitrogens is 2. The van der Waals surface area contributed by atoms with Crippen molar-refractivity contribution in [2.75, 3.05) is 16.7 Å². The first kappa shape index (κ1) is 15.0. The molecule has 3 rings (SSSR count). The van der Waals surface area contributed by atoms with E-state index in [9.17, 15) is 13.2 Å². The fourth-order valence-corrected chi connectivity index (χ4v) is 2.83. The average Bonchev–Trinajstić information content (AvgIpc) is 2.83. The van der Waals surface area contributed by atoms with Crippen molar-refractivity contribution >= 4 is 38.3 Å². The van der Waals surface area contributed by atoms with E-state index in [1.807, 2.05) is 6.07 Å². The maximum Gasteiger partial charge on any atom is 0.278 e. The second-order valence-electron chi connectivity index (χ2n) is 5.07. The van der Waals surface area contributed by atoms with Crippen molar-refractivity contribution in [1.29, 1.82) is 0 Å². The van der Waals surface area contributed by atoms with Gasteiger partial charge < -0.3 is 5.73 Å². The number of nitrogens with two attached hydrogens (primary N) is 1. The summed E-state index contributed by atoms with van der Waals surface area (Å²) in [5.41, 5.74) is 7.20. The molecule has 8 heteroatoms. The zero-order chi connectivity index (χ0) is 16.6. The second-order valence-corrected chi connectivity index (χ2v) is 6.82. The van der Waals surface area contributed by atoms with Gasteiger partial charge in [-0.3, -0.25) is 9.52 Å². The lowest BCUT2D eigenvalue weighted by Crippen LogP contribution is -2.14. The maximum atomic E-state index is 12.6. The molecule has 0 saturated carbocycles. The van der Waals surface area contributed by atoms with E-state index in [1.54, 1.807) is 18.2 Å². The number of nitrogen functional groups attached to an aromatic ring is 1. The Balaban J connectivity index is 1.96. The minimum atomic E-state index is -3.36. The first-order chi connectivity index (χ1) is 10.8. The number of hydrogen-bond donors (Lipinski definition) is 2. The summed E-state index contributed by atoms with van der Waals surface area (Å²) in [6.07, 6.45) is 1.06. The van der Waals surface area contributed by atoms with E-state index in [0.29, 0.717) is 22.2 Å². The summed E-state index contributed by atoms with van der Waals surface area (Å²) < 4.78 is 25.9. The fourth-order valence-electron chi connectivity index (χ4n) is 2.26. The molecule has 0 radical (unpaired) electrons. The van der Waals surface area contributed by atoms with Crippen molar-refractivity contribution in [2.24, 2.45) is 0 Å². The Morgan fingerprint density at radius 3 is 2.43 bits per heavy atom. The van der Waals surface area contributed by atoms with E-state index < -0.39 is 10.0 Å². The molecule has 0 unspecified atom stereocenters. The number of nitrogens with one attached hydrogen (secondary N) is 1. The third kappa shape index (κ3) is 3.02. The summed E-state index contributed by atoms with van der Waals surface area (Å²) in [5, 5.41) is 4.79. The second kappa shape index (κ2) is 5.40. The molecule has 23 heavy (non-hydrogen) atoms. The molecule has 0 bridgehead atoms. The molecule has 3 aromatic rings. The molecule has 1 aromatic heterocycles. The van der Waals surface area contributed by atoms with Gasteiger partial charge >= 0.3 is 0 Å². The van der Waals surface area contributed by atoms with Crippen LogP contribution in [0.1, 0.15) is 10.4 Å². The van der Waals surface area contributed by atoms with Crippen LogP contribution in [0.15, 0.2) is 48.5 Å². The SMILES string of the molecule is CS(=O)(=O)Nc1ccc(C(=O)n2nc(N)c3ccccc32)cc1. The van der Waals surface area contributed by atoms with Crippen molar-refractivity contribution in [3.05, 3.63) is 54.1 Å². The molecule has 0 aliphatic carbocycles. The van der Waals surface area contributed by atoms with Gasteiger partial charge in [0, 0.05) is 16.6 Å². The predicted octanol–water partition coefficient (Wildman–Crippen LogP) is 1.68. The maximum absolute atomic E-state index is 12.6. The summed E-state index contributed by atoms with van der Waals surface area (Å²) in [6.45, 7) is 0. The van der Waals surface area contributed by atoms with Gasteiger partial charge in [0.25, 0.3) is 5.91 Å². The Labute approximate surface area is 132 Å². The summed E-state index contributed by atoms with van der Waals surface area (Å²) in [5.74, 6) is -0.0619. The Morgan fingerprint density at radius 2 is 1.78 bits per heavy atom. The lowest BCUT2D eigenvalue weighted by molar-refractivity contribution is 0.0951. The highest BCUT2D eigenvalue weighted by Crippen LogP contribution is 2.21. The summed E-state index contributed by atoms with van der Waals surface area (Å²) in [7, 11) is -3.36. The van der Waals surface area contributed by atoms with E-state index in [-0.39, 0.29) is 11.7 Å². The topological polar surface area (TPSA) is 107 Å². The van der Waals surface area contributed by atoms with Crippen LogP contribution in [-0.4, -0.2) is 30.4 Å². The highest BCUT2D eigenvalue weighted by molar-refractivity contribution is 7.92. The molecule has 0 amide bonds. The molecular weight excluding hydrogens is 316 g/mol. The summed E-state index contributed by atoms with van der Waals surface area (Å²) in [6, 6.07) is 13.3. The minimum absolute atomic E-state index is 0.282. The van der Waals surface area contributed by atoms with Gasteiger partial charge in [-0.1, -0.05) is 12.1 Å². The normalized spacial score (nSPS) is 11.5. The summed E-state index contributed by atoms with van der Waals surface area (Å²) in [4.78, 5) is 12.6. The number of rotatable bonds is 3. The molecule has 7 nitrogen and oxygen atoms in total. The largest absolute Gasteiger partial charge is 0.382 e. The number of benzene rings is 2. The van der Waals surface area contributed by atoms with Crippen LogP contribution >= 0.6 is 0 Å². The number of carbonyl (C=O) groups excluding carboxylic acids is 1. The van der Waals surface area contributed by atoms with Crippen molar-refractivity contribution in [1.82, 2.24) is 9.78 Å². The molecule has 2 aromatic carbocycles. The highest BCUT2D eigenvalue weighted by Gasteiger charge is 2.15. The number of nitrogens with zero attached hydrogens (tertiary/aromatic N) is 2. The molecule has 0 atom stereocenters. The fraction of sp³-hybridized carbons (Fsp3) is 0.0667. The first-order valence-electron chi connectivity index (χ1n) is 6.71. The number of hydrogen-bond acceptors (Lipinski definition) is 5. The molecule has 0 fully saturated rings. The molecule has 118 valence electrons. The van der Waals surface area contributed by atoms with E-state index >= 15 is 0 Å². The van der Waals surface area contributed by atoms with Crippen molar-refractivity contribution in [2.45, 2.75) is 0 Å². The summed E-state index contributed by atoms with van der Waals surface area (Å²) >= 11 is 0. The third-order valence-electron chi connectivity index (χ3n) is 3.24. The number of anilines is 2. The third-order valence-corrected chi connectivity index (χ3v) is 3.85. The van der Waals surface area contributed by atoms with Crippen LogP contribution < -0.4 is 10.5 Å². The van der Waals surface area contributed by atoms with Gasteiger partial charge in [-0.05, 0) is 36.4 Å². The quantitative estimate of drug-likeness (QED) is 0.760. The van der Waals surface area contributed by atoms with Crippen LogP contribution in [0.2, 0.25) is 0 Å². The lowest BCUT2D eigenvalue weighted by Gasteiger charge is -2.06. The van der Waals surface area contributed by atoms with Crippen LogP contribution in [0.5, 0.6) is 0 Å². The number of carbonyl (C=O) groups is 1. The van der Waals surface area contributed by atoms with Gasteiger partial charge in [-0.2, -0.15) is 4.68 Å². The van der Waals surface area contributed by atoms with Crippen LogP contribution in [0.25, 0.3) is 10.9 Å². The van der Waals surface area contributed by atoms with Crippen LogP contribution in [-0.2, 0) is 10.0 Å². The number of sulfonamides is 1. The highest BCUT2D eigenvalue weighted by atomic mass is 32.2. The van der Waals surface area contributed by atoms with Gasteiger partial charge in [0.2, 0.25) is 10.0 Å². The van der Waals surface area contributed by atoms with E-state index in [2.05, 4.69) is 9.82 Å².